The summed E-state index contributed by atoms with van der Waals surface area (Å²) in [5.74, 6) is 2.08. The average molecular weight is 363 g/mol. The lowest BCUT2D eigenvalue weighted by atomic mass is 10.1. The molecule has 0 bridgehead atoms. The van der Waals surface area contributed by atoms with E-state index in [1.165, 1.54) is 0 Å². The topological polar surface area (TPSA) is 52.1 Å². The Bertz CT molecular complexity index is 747. The van der Waals surface area contributed by atoms with Crippen molar-refractivity contribution in [3.63, 3.8) is 0 Å². The summed E-state index contributed by atoms with van der Waals surface area (Å²) in [7, 11) is 3.23. The maximum Gasteiger partial charge on any atom is 0.161 e. The molecule has 6 heteroatoms. The molecule has 0 radical (unpaired) electrons. The van der Waals surface area contributed by atoms with Crippen LogP contribution in [0.5, 0.6) is 17.2 Å². The molecule has 0 fully saturated rings. The van der Waals surface area contributed by atoms with Gasteiger partial charge in [-0.05, 0) is 55.3 Å². The number of nitrogens with zero attached hydrogens (tertiary/aromatic N) is 1. The van der Waals surface area contributed by atoms with Gasteiger partial charge in [-0.25, -0.2) is 0 Å². The third-order valence-electron chi connectivity index (χ3n) is 3.63. The lowest BCUT2D eigenvalue weighted by Crippen LogP contribution is -2.09. The van der Waals surface area contributed by atoms with E-state index >= 15 is 0 Å². The molecule has 1 N–H and O–H groups in total. The Hall–Kier alpha value is -2.40. The molecule has 0 heterocycles. The van der Waals surface area contributed by atoms with Gasteiger partial charge in [-0.3, -0.25) is 0 Å². The first-order chi connectivity index (χ1) is 12.1. The zero-order valence-corrected chi connectivity index (χ0v) is 15.7. The molecule has 0 amide bonds. The Morgan fingerprint density at radius 1 is 1.04 bits per heavy atom. The first-order valence-corrected chi connectivity index (χ1v) is 8.37. The molecule has 0 unspecified atom stereocenters. The number of hydrogen-bond acceptors (Lipinski definition) is 5. The fraction of sp³-hybridized carbons (Fsp3) is 0.316. The maximum atomic E-state index is 6.22. The molecule has 2 rings (SSSR count). The number of methoxy groups -OCH3 is 2. The van der Waals surface area contributed by atoms with Crippen molar-refractivity contribution in [2.24, 2.45) is 5.10 Å². The van der Waals surface area contributed by atoms with Crippen LogP contribution in [0.3, 0.4) is 0 Å². The van der Waals surface area contributed by atoms with Crippen LogP contribution in [-0.4, -0.2) is 26.5 Å². The molecule has 0 atom stereocenters. The van der Waals surface area contributed by atoms with E-state index in [0.717, 1.165) is 16.8 Å². The fourth-order valence-electron chi connectivity index (χ4n) is 2.30. The van der Waals surface area contributed by atoms with Gasteiger partial charge >= 0.3 is 0 Å². The van der Waals surface area contributed by atoms with Gasteiger partial charge in [0.15, 0.2) is 11.5 Å². The van der Waals surface area contributed by atoms with E-state index in [9.17, 15) is 0 Å². The molecule has 0 saturated carbocycles. The maximum absolute atomic E-state index is 6.22. The van der Waals surface area contributed by atoms with Gasteiger partial charge < -0.3 is 19.6 Å². The summed E-state index contributed by atoms with van der Waals surface area (Å²) in [6.45, 7) is 5.00. The van der Waals surface area contributed by atoms with E-state index in [1.807, 2.05) is 50.2 Å². The zero-order valence-electron chi connectivity index (χ0n) is 14.9. The number of nitrogens with one attached hydrogen (secondary N) is 1. The summed E-state index contributed by atoms with van der Waals surface area (Å²) in [4.78, 5) is 0. The summed E-state index contributed by atoms with van der Waals surface area (Å²) >= 11 is 6.22. The smallest absolute Gasteiger partial charge is 0.161 e. The van der Waals surface area contributed by atoms with E-state index in [0.29, 0.717) is 35.4 Å². The monoisotopic (exact) mass is 362 g/mol. The number of ether oxygens (including phenoxy) is 3. The molecule has 0 saturated heterocycles. The zero-order chi connectivity index (χ0) is 18.2. The molecule has 2 aromatic carbocycles. The highest BCUT2D eigenvalue weighted by atomic mass is 35.5. The largest absolute Gasteiger partial charge is 0.493 e. The van der Waals surface area contributed by atoms with Crippen molar-refractivity contribution in [2.75, 3.05) is 20.8 Å². The predicted molar refractivity (Wildman–Crippen MR) is 101 cm³/mol. The highest BCUT2D eigenvalue weighted by Crippen LogP contribution is 2.27. The van der Waals surface area contributed by atoms with Crippen LogP contribution in [0.4, 0.5) is 0 Å². The molecular formula is C19H23ClN2O3. The summed E-state index contributed by atoms with van der Waals surface area (Å²) in [5, 5.41) is 4.98. The second kappa shape index (κ2) is 9.18. The Labute approximate surface area is 153 Å². The molecule has 134 valence electrons. The summed E-state index contributed by atoms with van der Waals surface area (Å²) < 4.78 is 16.0. The number of halogens is 1. The van der Waals surface area contributed by atoms with Gasteiger partial charge in [0.05, 0.1) is 38.1 Å². The summed E-state index contributed by atoms with van der Waals surface area (Å²) in [5.41, 5.74) is 5.88. The van der Waals surface area contributed by atoms with Gasteiger partial charge in [-0.15, -0.1) is 0 Å². The molecule has 0 aliphatic heterocycles. The first kappa shape index (κ1) is 18.9. The van der Waals surface area contributed by atoms with E-state index in [1.54, 1.807) is 14.2 Å². The van der Waals surface area contributed by atoms with Gasteiger partial charge in [0.25, 0.3) is 0 Å². The molecule has 0 spiro atoms. The molecule has 0 aliphatic carbocycles. The number of rotatable bonds is 8. The van der Waals surface area contributed by atoms with E-state index in [2.05, 4.69) is 10.5 Å². The van der Waals surface area contributed by atoms with Crippen molar-refractivity contribution in [1.29, 1.82) is 0 Å². The first-order valence-electron chi connectivity index (χ1n) is 7.99. The fourth-order valence-corrected chi connectivity index (χ4v) is 2.54. The van der Waals surface area contributed by atoms with Crippen LogP contribution in [0.15, 0.2) is 41.5 Å². The Balaban J connectivity index is 2.03. The second-order valence-corrected chi connectivity index (χ2v) is 5.71. The van der Waals surface area contributed by atoms with E-state index in [4.69, 9.17) is 25.8 Å². The van der Waals surface area contributed by atoms with Crippen molar-refractivity contribution in [3.05, 3.63) is 52.5 Å². The third kappa shape index (κ3) is 5.03. The van der Waals surface area contributed by atoms with Crippen molar-refractivity contribution in [2.45, 2.75) is 20.4 Å². The summed E-state index contributed by atoms with van der Waals surface area (Å²) in [6.07, 6.45) is 0. The van der Waals surface area contributed by atoms with Gasteiger partial charge in [0, 0.05) is 0 Å². The van der Waals surface area contributed by atoms with E-state index < -0.39 is 0 Å². The van der Waals surface area contributed by atoms with Crippen LogP contribution in [-0.2, 0) is 6.54 Å². The predicted octanol–water partition coefficient (Wildman–Crippen LogP) is 4.27. The standard InChI is InChI=1S/C19H23ClN2O3/c1-5-25-17-9-7-15(11-16(17)20)13(2)22-21-12-14-6-8-18(23-3)19(10-14)24-4/h6-11,21H,5,12H2,1-4H3/b22-13+. The molecular weight excluding hydrogens is 340 g/mol. The highest BCUT2D eigenvalue weighted by molar-refractivity contribution is 6.32. The summed E-state index contributed by atoms with van der Waals surface area (Å²) in [6, 6.07) is 11.4. The quantitative estimate of drug-likeness (QED) is 0.562. The lowest BCUT2D eigenvalue weighted by molar-refractivity contribution is 0.340. The van der Waals surface area contributed by atoms with E-state index in [-0.39, 0.29) is 0 Å². The Morgan fingerprint density at radius 2 is 1.76 bits per heavy atom. The SMILES string of the molecule is CCOc1ccc(/C(C)=N/NCc2ccc(OC)c(OC)c2)cc1Cl. The van der Waals surface area contributed by atoms with Crippen LogP contribution in [0, 0.1) is 0 Å². The normalized spacial score (nSPS) is 11.2. The van der Waals surface area contributed by atoms with Gasteiger partial charge in [0.2, 0.25) is 0 Å². The minimum absolute atomic E-state index is 0.572. The molecule has 0 aromatic heterocycles. The number of benzene rings is 2. The molecule has 0 aliphatic rings. The third-order valence-corrected chi connectivity index (χ3v) is 3.92. The van der Waals surface area contributed by atoms with Crippen LogP contribution in [0.2, 0.25) is 5.02 Å². The minimum Gasteiger partial charge on any atom is -0.493 e. The van der Waals surface area contributed by atoms with Crippen molar-refractivity contribution < 1.29 is 14.2 Å². The van der Waals surface area contributed by atoms with Crippen LogP contribution >= 0.6 is 11.6 Å². The average Bonchev–Trinajstić information content (AvgIpc) is 2.63. The van der Waals surface area contributed by atoms with Crippen LogP contribution in [0.1, 0.15) is 25.0 Å². The minimum atomic E-state index is 0.572. The number of hydrazone groups is 1. The van der Waals surface area contributed by atoms with Gasteiger partial charge in [0.1, 0.15) is 5.75 Å². The molecule has 2 aromatic rings. The van der Waals surface area contributed by atoms with Crippen LogP contribution < -0.4 is 19.6 Å². The van der Waals surface area contributed by atoms with Gasteiger partial charge in [-0.1, -0.05) is 17.7 Å². The van der Waals surface area contributed by atoms with Crippen molar-refractivity contribution >= 4 is 17.3 Å². The lowest BCUT2D eigenvalue weighted by Gasteiger charge is -2.10. The van der Waals surface area contributed by atoms with Crippen molar-refractivity contribution in [3.8, 4) is 17.2 Å². The Kier molecular flexibility index (Phi) is 6.95. The Morgan fingerprint density at radius 3 is 2.40 bits per heavy atom. The van der Waals surface area contributed by atoms with Crippen LogP contribution in [0.25, 0.3) is 0 Å². The van der Waals surface area contributed by atoms with Crippen molar-refractivity contribution in [1.82, 2.24) is 5.43 Å². The second-order valence-electron chi connectivity index (χ2n) is 5.30. The highest BCUT2D eigenvalue weighted by Gasteiger charge is 2.06. The molecule has 25 heavy (non-hydrogen) atoms. The molecule has 5 nitrogen and oxygen atoms in total. The number of hydrogen-bond donors (Lipinski definition) is 1. The van der Waals surface area contributed by atoms with Gasteiger partial charge in [-0.2, -0.15) is 5.10 Å².